The molecule has 0 aliphatic heterocycles. The van der Waals surface area contributed by atoms with Crippen LogP contribution in [0, 0.1) is 13.8 Å². The fourth-order valence-corrected chi connectivity index (χ4v) is 4.22. The Morgan fingerprint density at radius 3 is 2.24 bits per heavy atom. The minimum atomic E-state index is 0.350. The van der Waals surface area contributed by atoms with Gasteiger partial charge < -0.3 is 10.0 Å². The molecule has 0 aliphatic rings. The van der Waals surface area contributed by atoms with Crippen LogP contribution in [0.4, 0.5) is 11.4 Å². The molecule has 0 amide bonds. The molecule has 170 valence electrons. The summed E-state index contributed by atoms with van der Waals surface area (Å²) in [6, 6.07) is 22.4. The van der Waals surface area contributed by atoms with E-state index in [2.05, 4.69) is 74.7 Å². The van der Waals surface area contributed by atoms with Crippen LogP contribution >= 0.6 is 11.8 Å². The van der Waals surface area contributed by atoms with E-state index in [4.69, 9.17) is 4.99 Å². The Balaban J connectivity index is 1.97. The second-order valence-corrected chi connectivity index (χ2v) is 9.16. The van der Waals surface area contributed by atoms with Gasteiger partial charge in [0.25, 0.3) is 0 Å². The number of hydrogen-bond donors (Lipinski definition) is 1. The predicted octanol–water partition coefficient (Wildman–Crippen LogP) is 8.05. The number of aliphatic imine (C=N–C) groups is 1. The van der Waals surface area contributed by atoms with E-state index in [9.17, 15) is 5.11 Å². The first kappa shape index (κ1) is 24.4. The second-order valence-electron chi connectivity index (χ2n) is 8.12. The summed E-state index contributed by atoms with van der Waals surface area (Å²) in [6.45, 7) is 10.3. The van der Waals surface area contributed by atoms with E-state index in [0.717, 1.165) is 45.4 Å². The lowest BCUT2D eigenvalue weighted by atomic mass is 10.1. The van der Waals surface area contributed by atoms with Gasteiger partial charge in [0.15, 0.2) is 5.17 Å². The van der Waals surface area contributed by atoms with Crippen LogP contribution in [-0.4, -0.2) is 17.3 Å². The van der Waals surface area contributed by atoms with Crippen molar-refractivity contribution in [3.05, 3.63) is 107 Å². The predicted molar refractivity (Wildman–Crippen MR) is 146 cm³/mol. The van der Waals surface area contributed by atoms with Crippen molar-refractivity contribution in [3.8, 4) is 5.75 Å². The minimum absolute atomic E-state index is 0.350. The molecule has 0 saturated heterocycles. The normalized spacial score (nSPS) is 12.0. The molecule has 0 fully saturated rings. The Bertz CT molecular complexity index is 1150. The maximum absolute atomic E-state index is 10.1. The fourth-order valence-electron chi connectivity index (χ4n) is 3.34. The van der Waals surface area contributed by atoms with Gasteiger partial charge in [0.05, 0.1) is 5.69 Å². The summed E-state index contributed by atoms with van der Waals surface area (Å²) in [5, 5.41) is 11.0. The van der Waals surface area contributed by atoms with E-state index in [0.29, 0.717) is 5.75 Å². The average molecular weight is 457 g/mol. The molecule has 3 rings (SSSR count). The lowest BCUT2D eigenvalue weighted by molar-refractivity contribution is 0.467. The molecule has 4 heteroatoms. The van der Waals surface area contributed by atoms with Crippen LogP contribution in [0.15, 0.2) is 89.3 Å². The summed E-state index contributed by atoms with van der Waals surface area (Å²) in [5.74, 6) is 0.350. The molecule has 0 bridgehead atoms. The summed E-state index contributed by atoms with van der Waals surface area (Å²) < 4.78 is 0. The summed E-state index contributed by atoms with van der Waals surface area (Å²) >= 11 is 1.57. The van der Waals surface area contributed by atoms with Crippen LogP contribution in [0.5, 0.6) is 5.75 Å². The van der Waals surface area contributed by atoms with Crippen molar-refractivity contribution in [2.24, 2.45) is 4.99 Å². The van der Waals surface area contributed by atoms with Gasteiger partial charge in [0, 0.05) is 17.6 Å². The highest BCUT2D eigenvalue weighted by atomic mass is 32.2. The van der Waals surface area contributed by atoms with Gasteiger partial charge in [-0.25, -0.2) is 4.99 Å². The number of phenolic OH excluding ortho intramolecular Hbond substituents is 1. The van der Waals surface area contributed by atoms with Gasteiger partial charge in [-0.1, -0.05) is 79.2 Å². The number of rotatable bonds is 7. The highest BCUT2D eigenvalue weighted by Crippen LogP contribution is 2.30. The van der Waals surface area contributed by atoms with E-state index in [1.165, 1.54) is 11.1 Å². The van der Waals surface area contributed by atoms with Crippen LogP contribution in [0.1, 0.15) is 35.6 Å². The summed E-state index contributed by atoms with van der Waals surface area (Å²) in [6.07, 6.45) is 5.77. The largest absolute Gasteiger partial charge is 0.508 e. The first-order chi connectivity index (χ1) is 15.9. The Kier molecular flexibility index (Phi) is 8.56. The summed E-state index contributed by atoms with van der Waals surface area (Å²) in [4.78, 5) is 8.04. The highest BCUT2D eigenvalue weighted by molar-refractivity contribution is 8.17. The fraction of sp³-hybridized carbons (Fsp3) is 0.207. The number of thioether (sulfide) groups is 1. The Morgan fingerprint density at radius 1 is 1.00 bits per heavy atom. The zero-order valence-electron chi connectivity index (χ0n) is 19.9. The number of aromatic hydroxyl groups is 1. The molecule has 0 heterocycles. The van der Waals surface area contributed by atoms with Gasteiger partial charge in [-0.3, -0.25) is 0 Å². The number of phenols is 1. The molecule has 33 heavy (non-hydrogen) atoms. The Hall–Kier alpha value is -3.24. The molecule has 3 aromatic rings. The molecule has 3 nitrogen and oxygen atoms in total. The topological polar surface area (TPSA) is 35.8 Å². The van der Waals surface area contributed by atoms with Gasteiger partial charge in [-0.05, 0) is 73.9 Å². The molecule has 0 unspecified atom stereocenters. The summed E-state index contributed by atoms with van der Waals surface area (Å²) in [7, 11) is 2.03. The van der Waals surface area contributed by atoms with Crippen LogP contribution in [0.3, 0.4) is 0 Å². The van der Waals surface area contributed by atoms with E-state index in [1.807, 2.05) is 37.4 Å². The third kappa shape index (κ3) is 6.87. The van der Waals surface area contributed by atoms with Crippen molar-refractivity contribution < 1.29 is 5.11 Å². The number of benzene rings is 3. The number of anilines is 1. The molecule has 1 N–H and O–H groups in total. The van der Waals surface area contributed by atoms with Crippen LogP contribution in [0.2, 0.25) is 0 Å². The zero-order chi connectivity index (χ0) is 23.8. The van der Waals surface area contributed by atoms with Crippen molar-refractivity contribution >= 4 is 34.4 Å². The van der Waals surface area contributed by atoms with Gasteiger partial charge in [-0.15, -0.1) is 0 Å². The molecule has 0 saturated carbocycles. The number of hydrogen-bond acceptors (Lipinski definition) is 3. The number of aryl methyl sites for hydroxylation is 3. The maximum Gasteiger partial charge on any atom is 0.173 e. The first-order valence-electron chi connectivity index (χ1n) is 11.2. The molecular weight excluding hydrogens is 424 g/mol. The minimum Gasteiger partial charge on any atom is -0.508 e. The van der Waals surface area contributed by atoms with Crippen LogP contribution < -0.4 is 4.90 Å². The molecule has 0 atom stereocenters. The Morgan fingerprint density at radius 2 is 1.64 bits per heavy atom. The smallest absolute Gasteiger partial charge is 0.173 e. The first-order valence-corrected chi connectivity index (χ1v) is 12.0. The van der Waals surface area contributed by atoms with Crippen LogP contribution in [-0.2, 0) is 6.42 Å². The third-order valence-electron chi connectivity index (χ3n) is 5.31. The quantitative estimate of drug-likeness (QED) is 0.222. The number of amidine groups is 1. The summed E-state index contributed by atoms with van der Waals surface area (Å²) in [5.41, 5.74) is 6.39. The average Bonchev–Trinajstić information content (AvgIpc) is 2.81. The highest BCUT2D eigenvalue weighted by Gasteiger charge is 2.13. The molecule has 0 aliphatic carbocycles. The molecule has 3 aromatic carbocycles. The van der Waals surface area contributed by atoms with E-state index in [1.54, 1.807) is 17.8 Å². The van der Waals surface area contributed by atoms with Gasteiger partial charge in [-0.2, -0.15) is 0 Å². The maximum atomic E-state index is 10.1. The molecule has 0 radical (unpaired) electrons. The third-order valence-corrected chi connectivity index (χ3v) is 6.38. The standard InChI is InChI=1S/C29H32N2OS/c1-6-8-24-19-23(13-18-28(24)32)20-27(7-2)33-29(30-25-14-9-21(3)10-15-25)31(5)26-16-11-22(4)12-17-26/h7,9-20,32H,2,6,8H2,1,3-5H3/b27-20-,30-29-. The van der Waals surface area contributed by atoms with E-state index in [-0.39, 0.29) is 0 Å². The second kappa shape index (κ2) is 11.6. The Labute approximate surface area is 202 Å². The zero-order valence-corrected chi connectivity index (χ0v) is 20.7. The van der Waals surface area contributed by atoms with E-state index < -0.39 is 0 Å². The molecular formula is C29H32N2OS. The molecule has 0 aromatic heterocycles. The van der Waals surface area contributed by atoms with Crippen LogP contribution in [0.25, 0.3) is 6.08 Å². The van der Waals surface area contributed by atoms with Gasteiger partial charge in [0.2, 0.25) is 0 Å². The van der Waals surface area contributed by atoms with Gasteiger partial charge >= 0.3 is 0 Å². The lowest BCUT2D eigenvalue weighted by Gasteiger charge is -2.21. The van der Waals surface area contributed by atoms with Gasteiger partial charge in [0.1, 0.15) is 5.75 Å². The van der Waals surface area contributed by atoms with Crippen molar-refractivity contribution in [1.82, 2.24) is 0 Å². The molecule has 0 spiro atoms. The monoisotopic (exact) mass is 456 g/mol. The van der Waals surface area contributed by atoms with Crippen molar-refractivity contribution in [1.29, 1.82) is 0 Å². The number of nitrogens with zero attached hydrogens (tertiary/aromatic N) is 2. The van der Waals surface area contributed by atoms with Crippen molar-refractivity contribution in [2.75, 3.05) is 11.9 Å². The SMILES string of the molecule is C=C/C(=C/c1ccc(O)c(CCC)c1)S/C(=N\c1ccc(C)cc1)N(C)c1ccc(C)cc1. The lowest BCUT2D eigenvalue weighted by Crippen LogP contribution is -2.23. The number of allylic oxidation sites excluding steroid dienone is 1. The van der Waals surface area contributed by atoms with Crippen molar-refractivity contribution in [2.45, 2.75) is 33.6 Å². The van der Waals surface area contributed by atoms with Crippen molar-refractivity contribution in [3.63, 3.8) is 0 Å². The van der Waals surface area contributed by atoms with E-state index >= 15 is 0 Å².